The van der Waals surface area contributed by atoms with Gasteiger partial charge in [0.2, 0.25) is 5.91 Å². The van der Waals surface area contributed by atoms with E-state index in [1.54, 1.807) is 23.1 Å². The SMILES string of the molecule is O=C(Cn1cccn1)NCC1(CO)CC1. The molecule has 0 radical (unpaired) electrons. The van der Waals surface area contributed by atoms with Gasteiger partial charge in [0.25, 0.3) is 0 Å². The van der Waals surface area contributed by atoms with Gasteiger partial charge in [-0.05, 0) is 18.9 Å². The van der Waals surface area contributed by atoms with Crippen LogP contribution >= 0.6 is 0 Å². The number of carbonyl (C=O) groups excluding carboxylic acids is 1. The van der Waals surface area contributed by atoms with E-state index < -0.39 is 0 Å². The van der Waals surface area contributed by atoms with Crippen LogP contribution in [-0.4, -0.2) is 33.9 Å². The molecule has 0 unspecified atom stereocenters. The second kappa shape index (κ2) is 4.02. The molecule has 15 heavy (non-hydrogen) atoms. The Morgan fingerprint density at radius 1 is 1.60 bits per heavy atom. The minimum Gasteiger partial charge on any atom is -0.396 e. The summed E-state index contributed by atoms with van der Waals surface area (Å²) in [7, 11) is 0. The summed E-state index contributed by atoms with van der Waals surface area (Å²) in [6.45, 7) is 0.979. The molecule has 0 aromatic carbocycles. The molecule has 1 aromatic rings. The Kier molecular flexibility index (Phi) is 2.73. The first-order chi connectivity index (χ1) is 7.24. The Labute approximate surface area is 88.1 Å². The highest BCUT2D eigenvalue weighted by Gasteiger charge is 2.41. The summed E-state index contributed by atoms with van der Waals surface area (Å²) in [4.78, 5) is 11.4. The van der Waals surface area contributed by atoms with E-state index in [0.29, 0.717) is 6.54 Å². The van der Waals surface area contributed by atoms with E-state index in [2.05, 4.69) is 10.4 Å². The monoisotopic (exact) mass is 209 g/mol. The third kappa shape index (κ3) is 2.56. The zero-order chi connectivity index (χ0) is 10.7. The molecule has 0 atom stereocenters. The summed E-state index contributed by atoms with van der Waals surface area (Å²) >= 11 is 0. The molecule has 2 rings (SSSR count). The molecule has 0 spiro atoms. The normalized spacial score (nSPS) is 17.4. The van der Waals surface area contributed by atoms with Crippen molar-refractivity contribution in [3.8, 4) is 0 Å². The number of nitrogens with zero attached hydrogens (tertiary/aromatic N) is 2. The number of hydrogen-bond donors (Lipinski definition) is 2. The van der Waals surface area contributed by atoms with Crippen LogP contribution < -0.4 is 5.32 Å². The number of amides is 1. The smallest absolute Gasteiger partial charge is 0.241 e. The Morgan fingerprint density at radius 3 is 2.93 bits per heavy atom. The molecule has 5 nitrogen and oxygen atoms in total. The van der Waals surface area contributed by atoms with Crippen molar-refractivity contribution in [3.63, 3.8) is 0 Å². The number of nitrogens with one attached hydrogen (secondary N) is 1. The van der Waals surface area contributed by atoms with E-state index in [1.807, 2.05) is 0 Å². The predicted octanol–water partition coefficient (Wildman–Crippen LogP) is -0.228. The van der Waals surface area contributed by atoms with Crippen LogP contribution in [0, 0.1) is 5.41 Å². The van der Waals surface area contributed by atoms with Crippen LogP contribution in [0.4, 0.5) is 0 Å². The van der Waals surface area contributed by atoms with E-state index in [9.17, 15) is 4.79 Å². The summed E-state index contributed by atoms with van der Waals surface area (Å²) in [5.74, 6) is -0.0570. The number of hydrogen-bond acceptors (Lipinski definition) is 3. The fraction of sp³-hybridized carbons (Fsp3) is 0.600. The van der Waals surface area contributed by atoms with E-state index in [4.69, 9.17) is 5.11 Å². The van der Waals surface area contributed by atoms with Gasteiger partial charge in [-0.25, -0.2) is 0 Å². The predicted molar refractivity (Wildman–Crippen MR) is 54.0 cm³/mol. The Hall–Kier alpha value is -1.36. The van der Waals surface area contributed by atoms with Crippen LogP contribution in [0.3, 0.4) is 0 Å². The van der Waals surface area contributed by atoms with Crippen LogP contribution in [-0.2, 0) is 11.3 Å². The minimum absolute atomic E-state index is 0.0280. The third-order valence-corrected chi connectivity index (χ3v) is 2.82. The number of aliphatic hydroxyl groups is 1. The van der Waals surface area contributed by atoms with E-state index >= 15 is 0 Å². The number of rotatable bonds is 5. The van der Waals surface area contributed by atoms with Crippen molar-refractivity contribution in [1.82, 2.24) is 15.1 Å². The maximum absolute atomic E-state index is 11.4. The first kappa shape index (κ1) is 10.2. The van der Waals surface area contributed by atoms with Gasteiger partial charge in [0.05, 0.1) is 6.61 Å². The van der Waals surface area contributed by atoms with Crippen LogP contribution in [0.25, 0.3) is 0 Å². The standard InChI is InChI=1S/C10H15N3O2/c14-8-10(2-3-10)7-11-9(15)6-13-5-1-4-12-13/h1,4-5,14H,2-3,6-8H2,(H,11,15). The topological polar surface area (TPSA) is 67.2 Å². The van der Waals surface area contributed by atoms with Gasteiger partial charge in [-0.2, -0.15) is 5.10 Å². The first-order valence-corrected chi connectivity index (χ1v) is 5.09. The highest BCUT2D eigenvalue weighted by Crippen LogP contribution is 2.44. The maximum Gasteiger partial charge on any atom is 0.241 e. The molecule has 2 N–H and O–H groups in total. The van der Waals surface area contributed by atoms with Crippen molar-refractivity contribution in [2.45, 2.75) is 19.4 Å². The molecular formula is C10H15N3O2. The molecule has 1 aliphatic rings. The highest BCUT2D eigenvalue weighted by atomic mass is 16.3. The first-order valence-electron chi connectivity index (χ1n) is 5.09. The van der Waals surface area contributed by atoms with Gasteiger partial charge < -0.3 is 10.4 Å². The summed E-state index contributed by atoms with van der Waals surface area (Å²) in [5, 5.41) is 15.8. The molecule has 0 bridgehead atoms. The van der Waals surface area contributed by atoms with Crippen LogP contribution in [0.15, 0.2) is 18.5 Å². The van der Waals surface area contributed by atoms with Crippen molar-refractivity contribution in [1.29, 1.82) is 0 Å². The molecule has 0 aliphatic heterocycles. The average molecular weight is 209 g/mol. The molecule has 82 valence electrons. The molecule has 1 fully saturated rings. The number of carbonyl (C=O) groups is 1. The summed E-state index contributed by atoms with van der Waals surface area (Å²) in [5.41, 5.74) is -0.0280. The summed E-state index contributed by atoms with van der Waals surface area (Å²) in [6, 6.07) is 1.78. The quantitative estimate of drug-likeness (QED) is 0.704. The lowest BCUT2D eigenvalue weighted by Crippen LogP contribution is -2.34. The van der Waals surface area contributed by atoms with Crippen molar-refractivity contribution in [2.24, 2.45) is 5.41 Å². The molecule has 0 saturated heterocycles. The third-order valence-electron chi connectivity index (χ3n) is 2.82. The molecular weight excluding hydrogens is 194 g/mol. The van der Waals surface area contributed by atoms with Crippen molar-refractivity contribution >= 4 is 5.91 Å². The Morgan fingerprint density at radius 2 is 2.40 bits per heavy atom. The molecule has 1 aliphatic carbocycles. The zero-order valence-corrected chi connectivity index (χ0v) is 8.52. The second-order valence-electron chi connectivity index (χ2n) is 4.14. The van der Waals surface area contributed by atoms with Gasteiger partial charge >= 0.3 is 0 Å². The fourth-order valence-electron chi connectivity index (χ4n) is 1.45. The number of aliphatic hydroxyl groups excluding tert-OH is 1. The molecule has 1 amide bonds. The lowest BCUT2D eigenvalue weighted by atomic mass is 10.1. The zero-order valence-electron chi connectivity index (χ0n) is 8.52. The van der Waals surface area contributed by atoms with Gasteiger partial charge in [0.15, 0.2) is 0 Å². The summed E-state index contributed by atoms with van der Waals surface area (Å²) in [6.07, 6.45) is 5.40. The van der Waals surface area contributed by atoms with Crippen molar-refractivity contribution in [3.05, 3.63) is 18.5 Å². The minimum atomic E-state index is -0.0570. The van der Waals surface area contributed by atoms with Gasteiger partial charge in [-0.1, -0.05) is 0 Å². The highest BCUT2D eigenvalue weighted by molar-refractivity contribution is 5.75. The summed E-state index contributed by atoms with van der Waals surface area (Å²) < 4.78 is 1.58. The van der Waals surface area contributed by atoms with Gasteiger partial charge in [-0.3, -0.25) is 9.48 Å². The van der Waals surface area contributed by atoms with Crippen LogP contribution in [0.2, 0.25) is 0 Å². The van der Waals surface area contributed by atoms with Crippen LogP contribution in [0.5, 0.6) is 0 Å². The van der Waals surface area contributed by atoms with Crippen molar-refractivity contribution in [2.75, 3.05) is 13.2 Å². The van der Waals surface area contributed by atoms with Gasteiger partial charge in [-0.15, -0.1) is 0 Å². The van der Waals surface area contributed by atoms with Gasteiger partial charge in [0, 0.05) is 24.4 Å². The van der Waals surface area contributed by atoms with E-state index in [0.717, 1.165) is 12.8 Å². The lowest BCUT2D eigenvalue weighted by molar-refractivity contribution is -0.122. The number of aromatic nitrogens is 2. The molecule has 5 heteroatoms. The Balaban J connectivity index is 1.74. The average Bonchev–Trinajstić information content (AvgIpc) is 2.86. The lowest BCUT2D eigenvalue weighted by Gasteiger charge is -2.12. The largest absolute Gasteiger partial charge is 0.396 e. The molecule has 1 aromatic heterocycles. The molecule has 1 heterocycles. The maximum atomic E-state index is 11.4. The van der Waals surface area contributed by atoms with E-state index in [-0.39, 0.29) is 24.5 Å². The Bertz CT molecular complexity index is 330. The van der Waals surface area contributed by atoms with E-state index in [1.165, 1.54) is 0 Å². The van der Waals surface area contributed by atoms with Crippen LogP contribution in [0.1, 0.15) is 12.8 Å². The molecule has 1 saturated carbocycles. The fourth-order valence-corrected chi connectivity index (χ4v) is 1.45. The van der Waals surface area contributed by atoms with Gasteiger partial charge in [0.1, 0.15) is 6.54 Å². The second-order valence-corrected chi connectivity index (χ2v) is 4.14. The van der Waals surface area contributed by atoms with Crippen molar-refractivity contribution < 1.29 is 9.90 Å².